The summed E-state index contributed by atoms with van der Waals surface area (Å²) >= 11 is 0. The third-order valence-electron chi connectivity index (χ3n) is 3.97. The zero-order chi connectivity index (χ0) is 12.3. The summed E-state index contributed by atoms with van der Waals surface area (Å²) in [5.41, 5.74) is 1.68. The molecule has 0 saturated heterocycles. The van der Waals surface area contributed by atoms with Crippen LogP contribution in [0.3, 0.4) is 0 Å². The molecule has 0 radical (unpaired) electrons. The first-order valence-corrected chi connectivity index (χ1v) is 6.52. The Morgan fingerprint density at radius 2 is 2.12 bits per heavy atom. The van der Waals surface area contributed by atoms with Crippen LogP contribution in [0.2, 0.25) is 0 Å². The van der Waals surface area contributed by atoms with Gasteiger partial charge in [-0.2, -0.15) is 0 Å². The summed E-state index contributed by atoms with van der Waals surface area (Å²) in [4.78, 5) is 11.7. The first kappa shape index (κ1) is 12.2. The van der Waals surface area contributed by atoms with E-state index in [1.165, 1.54) is 5.56 Å². The molecule has 1 aliphatic carbocycles. The van der Waals surface area contributed by atoms with E-state index in [4.69, 9.17) is 0 Å². The van der Waals surface area contributed by atoms with E-state index in [9.17, 15) is 9.90 Å². The molecule has 0 bridgehead atoms. The van der Waals surface area contributed by atoms with E-state index in [-0.39, 0.29) is 0 Å². The molecule has 1 aromatic rings. The van der Waals surface area contributed by atoms with Crippen molar-refractivity contribution in [2.75, 3.05) is 0 Å². The monoisotopic (exact) mass is 232 g/mol. The lowest BCUT2D eigenvalue weighted by Crippen LogP contribution is -2.33. The Kier molecular flexibility index (Phi) is 3.51. The van der Waals surface area contributed by atoms with Crippen molar-refractivity contribution >= 4 is 5.97 Å². The molecular weight excluding hydrogens is 212 g/mol. The molecule has 0 aromatic heterocycles. The Hall–Kier alpha value is -1.31. The van der Waals surface area contributed by atoms with Gasteiger partial charge < -0.3 is 5.11 Å². The van der Waals surface area contributed by atoms with E-state index in [0.29, 0.717) is 0 Å². The fraction of sp³-hybridized carbons (Fsp3) is 0.533. The van der Waals surface area contributed by atoms with Crippen molar-refractivity contribution in [2.45, 2.75) is 50.9 Å². The lowest BCUT2D eigenvalue weighted by Gasteiger charge is -2.25. The van der Waals surface area contributed by atoms with Gasteiger partial charge in [-0.25, -0.2) is 0 Å². The van der Waals surface area contributed by atoms with Crippen LogP contribution < -0.4 is 0 Å². The molecule has 1 aliphatic rings. The van der Waals surface area contributed by atoms with Crippen LogP contribution in [0.4, 0.5) is 0 Å². The van der Waals surface area contributed by atoms with Crippen LogP contribution in [-0.2, 0) is 16.6 Å². The lowest BCUT2D eigenvalue weighted by molar-refractivity contribution is -0.144. The summed E-state index contributed by atoms with van der Waals surface area (Å²) in [5.74, 6) is -0.640. The van der Waals surface area contributed by atoms with Gasteiger partial charge >= 0.3 is 5.97 Å². The summed E-state index contributed by atoms with van der Waals surface area (Å²) in [6, 6.07) is 8.03. The smallest absolute Gasteiger partial charge is 0.314 e. The van der Waals surface area contributed by atoms with Crippen molar-refractivity contribution in [1.29, 1.82) is 0 Å². The number of hydrogen-bond acceptors (Lipinski definition) is 1. The number of aryl methyl sites for hydroxylation is 1. The quantitative estimate of drug-likeness (QED) is 0.788. The van der Waals surface area contributed by atoms with Gasteiger partial charge in [-0.15, -0.1) is 0 Å². The largest absolute Gasteiger partial charge is 0.481 e. The second kappa shape index (κ2) is 4.91. The number of benzene rings is 1. The molecule has 2 nitrogen and oxygen atoms in total. The maximum Gasteiger partial charge on any atom is 0.314 e. The first-order valence-electron chi connectivity index (χ1n) is 6.52. The Balaban J connectivity index is 2.28. The van der Waals surface area contributed by atoms with E-state index in [0.717, 1.165) is 44.1 Å². The number of rotatable bonds is 5. The maximum atomic E-state index is 11.7. The average Bonchev–Trinajstić information content (AvgIpc) is 2.70. The van der Waals surface area contributed by atoms with E-state index in [1.807, 2.05) is 18.2 Å². The molecular formula is C15H20O2. The summed E-state index contributed by atoms with van der Waals surface area (Å²) < 4.78 is 0. The highest BCUT2D eigenvalue weighted by atomic mass is 16.4. The topological polar surface area (TPSA) is 37.3 Å². The first-order chi connectivity index (χ1) is 8.20. The Labute approximate surface area is 103 Å². The normalized spacial score (nSPS) is 22.4. The molecule has 0 saturated carbocycles. The SMILES string of the molecule is CCCCCC1(C(=O)O)CCc2ccccc21. The van der Waals surface area contributed by atoms with Gasteiger partial charge in [0.25, 0.3) is 0 Å². The molecule has 17 heavy (non-hydrogen) atoms. The lowest BCUT2D eigenvalue weighted by atomic mass is 9.77. The molecule has 0 aliphatic heterocycles. The fourth-order valence-electron chi connectivity index (χ4n) is 2.95. The molecule has 1 N–H and O–H groups in total. The molecule has 2 heteroatoms. The number of aliphatic carboxylic acids is 1. The number of hydrogen-bond donors (Lipinski definition) is 1. The molecule has 0 heterocycles. The summed E-state index contributed by atoms with van der Waals surface area (Å²) in [6.07, 6.45) is 5.73. The molecule has 0 spiro atoms. The third kappa shape index (κ3) is 2.08. The minimum Gasteiger partial charge on any atom is -0.481 e. The predicted molar refractivity (Wildman–Crippen MR) is 68.2 cm³/mol. The molecule has 0 fully saturated rings. The van der Waals surface area contributed by atoms with Crippen molar-refractivity contribution in [3.63, 3.8) is 0 Å². The van der Waals surface area contributed by atoms with E-state index < -0.39 is 11.4 Å². The van der Waals surface area contributed by atoms with Crippen molar-refractivity contribution in [2.24, 2.45) is 0 Å². The second-order valence-corrected chi connectivity index (χ2v) is 5.00. The second-order valence-electron chi connectivity index (χ2n) is 5.00. The van der Waals surface area contributed by atoms with Gasteiger partial charge in [0.2, 0.25) is 0 Å². The average molecular weight is 232 g/mol. The standard InChI is InChI=1S/C15H20O2/c1-2-3-6-10-15(14(16)17)11-9-12-7-4-5-8-13(12)15/h4-5,7-8H,2-3,6,9-11H2,1H3,(H,16,17). The van der Waals surface area contributed by atoms with Crippen molar-refractivity contribution < 1.29 is 9.90 Å². The Bertz CT molecular complexity index is 411. The van der Waals surface area contributed by atoms with Crippen LogP contribution in [-0.4, -0.2) is 11.1 Å². The molecule has 1 unspecified atom stereocenters. The van der Waals surface area contributed by atoms with Crippen molar-refractivity contribution in [3.05, 3.63) is 35.4 Å². The van der Waals surface area contributed by atoms with Gasteiger partial charge in [-0.1, -0.05) is 50.5 Å². The maximum absolute atomic E-state index is 11.7. The third-order valence-corrected chi connectivity index (χ3v) is 3.97. The molecule has 92 valence electrons. The number of fused-ring (bicyclic) bond motifs is 1. The highest BCUT2D eigenvalue weighted by Crippen LogP contribution is 2.42. The zero-order valence-electron chi connectivity index (χ0n) is 10.4. The Morgan fingerprint density at radius 1 is 1.35 bits per heavy atom. The number of carbonyl (C=O) groups is 1. The minimum absolute atomic E-state index is 0.605. The highest BCUT2D eigenvalue weighted by Gasteiger charge is 2.44. The van der Waals surface area contributed by atoms with Crippen LogP contribution in [0.1, 0.15) is 50.2 Å². The summed E-state index contributed by atoms with van der Waals surface area (Å²) in [5, 5.41) is 9.61. The predicted octanol–water partition coefficient (Wildman–Crippen LogP) is 3.54. The summed E-state index contributed by atoms with van der Waals surface area (Å²) in [7, 11) is 0. The van der Waals surface area contributed by atoms with Gasteiger partial charge in [0, 0.05) is 0 Å². The van der Waals surface area contributed by atoms with E-state index in [1.54, 1.807) is 0 Å². The molecule has 2 rings (SSSR count). The zero-order valence-corrected chi connectivity index (χ0v) is 10.4. The van der Waals surface area contributed by atoms with Crippen LogP contribution >= 0.6 is 0 Å². The van der Waals surface area contributed by atoms with E-state index >= 15 is 0 Å². The van der Waals surface area contributed by atoms with Gasteiger partial charge in [0.1, 0.15) is 0 Å². The molecule has 1 aromatic carbocycles. The van der Waals surface area contributed by atoms with Crippen LogP contribution in [0.5, 0.6) is 0 Å². The van der Waals surface area contributed by atoms with Gasteiger partial charge in [0.15, 0.2) is 0 Å². The van der Waals surface area contributed by atoms with Gasteiger partial charge in [0.05, 0.1) is 5.41 Å². The molecule has 1 atom stereocenters. The van der Waals surface area contributed by atoms with E-state index in [2.05, 4.69) is 13.0 Å². The summed E-state index contributed by atoms with van der Waals surface area (Å²) in [6.45, 7) is 2.15. The molecule has 0 amide bonds. The van der Waals surface area contributed by atoms with Crippen LogP contribution in [0.15, 0.2) is 24.3 Å². The number of unbranched alkanes of at least 4 members (excludes halogenated alkanes) is 2. The number of carboxylic acid groups (broad SMARTS) is 1. The van der Waals surface area contributed by atoms with Crippen molar-refractivity contribution in [3.8, 4) is 0 Å². The highest BCUT2D eigenvalue weighted by molar-refractivity contribution is 5.83. The Morgan fingerprint density at radius 3 is 2.82 bits per heavy atom. The fourth-order valence-corrected chi connectivity index (χ4v) is 2.95. The van der Waals surface area contributed by atoms with Crippen molar-refractivity contribution in [1.82, 2.24) is 0 Å². The van der Waals surface area contributed by atoms with Gasteiger partial charge in [-0.3, -0.25) is 4.79 Å². The minimum atomic E-state index is -0.640. The van der Waals surface area contributed by atoms with Crippen LogP contribution in [0, 0.1) is 0 Å². The van der Waals surface area contributed by atoms with Gasteiger partial charge in [-0.05, 0) is 30.4 Å². The number of carboxylic acids is 1. The van der Waals surface area contributed by atoms with Crippen LogP contribution in [0.25, 0.3) is 0 Å².